The van der Waals surface area contributed by atoms with E-state index in [0.29, 0.717) is 18.6 Å². The first kappa shape index (κ1) is 10.6. The van der Waals surface area contributed by atoms with E-state index in [1.807, 2.05) is 24.4 Å². The van der Waals surface area contributed by atoms with E-state index in [4.69, 9.17) is 4.74 Å². The summed E-state index contributed by atoms with van der Waals surface area (Å²) >= 11 is 0. The second-order valence-electron chi connectivity index (χ2n) is 4.68. The summed E-state index contributed by atoms with van der Waals surface area (Å²) in [5.41, 5.74) is 1.03. The molecule has 2 nitrogen and oxygen atoms in total. The Hall–Kier alpha value is -0.890. The highest BCUT2D eigenvalue weighted by molar-refractivity contribution is 5.02. The molecule has 1 unspecified atom stereocenters. The molecular weight excluding hydrogens is 186 g/mol. The first-order valence-corrected chi connectivity index (χ1v) is 5.79. The van der Waals surface area contributed by atoms with Crippen LogP contribution >= 0.6 is 0 Å². The highest BCUT2D eigenvalue weighted by atomic mass is 16.5. The predicted molar refractivity (Wildman–Crippen MR) is 60.4 cm³/mol. The van der Waals surface area contributed by atoms with Gasteiger partial charge in [-0.2, -0.15) is 0 Å². The Morgan fingerprint density at radius 2 is 2.20 bits per heavy atom. The van der Waals surface area contributed by atoms with Gasteiger partial charge in [-0.25, -0.2) is 0 Å². The number of hydrogen-bond donors (Lipinski definition) is 0. The van der Waals surface area contributed by atoms with Gasteiger partial charge in [-0.3, -0.25) is 4.98 Å². The Bertz CT molecular complexity index is 291. The second-order valence-corrected chi connectivity index (χ2v) is 4.68. The van der Waals surface area contributed by atoms with E-state index in [2.05, 4.69) is 18.8 Å². The van der Waals surface area contributed by atoms with Gasteiger partial charge in [0.05, 0.1) is 18.4 Å². The highest BCUT2D eigenvalue weighted by Crippen LogP contribution is 2.37. The van der Waals surface area contributed by atoms with Crippen molar-refractivity contribution in [3.8, 4) is 0 Å². The topological polar surface area (TPSA) is 22.1 Å². The largest absolute Gasteiger partial charge is 0.371 e. The average molecular weight is 205 g/mol. The first-order valence-electron chi connectivity index (χ1n) is 5.79. The Labute approximate surface area is 91.7 Å². The van der Waals surface area contributed by atoms with Crippen molar-refractivity contribution >= 4 is 0 Å². The van der Waals surface area contributed by atoms with E-state index >= 15 is 0 Å². The molecular formula is C13H19NO. The number of hydrogen-bond acceptors (Lipinski definition) is 2. The number of aromatic nitrogens is 1. The van der Waals surface area contributed by atoms with Gasteiger partial charge in [0.25, 0.3) is 0 Å². The molecule has 1 aromatic rings. The fraction of sp³-hybridized carbons (Fsp3) is 0.615. The van der Waals surface area contributed by atoms with E-state index in [-0.39, 0.29) is 0 Å². The molecule has 0 spiro atoms. The molecule has 1 saturated carbocycles. The van der Waals surface area contributed by atoms with E-state index in [1.54, 1.807) is 0 Å². The van der Waals surface area contributed by atoms with Crippen LogP contribution in [0.3, 0.4) is 0 Å². The van der Waals surface area contributed by atoms with Crippen LogP contribution in [-0.4, -0.2) is 11.1 Å². The fourth-order valence-electron chi connectivity index (χ4n) is 1.96. The normalized spacial score (nSPS) is 18.1. The van der Waals surface area contributed by atoms with Gasteiger partial charge in [0, 0.05) is 6.20 Å². The summed E-state index contributed by atoms with van der Waals surface area (Å²) in [6.07, 6.45) is 4.92. The van der Waals surface area contributed by atoms with Crippen molar-refractivity contribution in [2.45, 2.75) is 39.4 Å². The summed E-state index contributed by atoms with van der Waals surface area (Å²) in [6, 6.07) is 5.96. The predicted octanol–water partition coefficient (Wildman–Crippen LogP) is 3.03. The molecule has 0 saturated heterocycles. The molecule has 1 aromatic heterocycles. The summed E-state index contributed by atoms with van der Waals surface area (Å²) < 4.78 is 5.95. The molecule has 1 aliphatic carbocycles. The molecule has 82 valence electrons. The van der Waals surface area contributed by atoms with Crippen LogP contribution in [0.4, 0.5) is 0 Å². The van der Waals surface area contributed by atoms with Crippen LogP contribution < -0.4 is 0 Å². The smallest absolute Gasteiger partial charge is 0.0891 e. The van der Waals surface area contributed by atoms with E-state index in [0.717, 1.165) is 11.6 Å². The summed E-state index contributed by atoms with van der Waals surface area (Å²) in [5.74, 6) is 1.41. The fourth-order valence-corrected chi connectivity index (χ4v) is 1.96. The maximum absolute atomic E-state index is 5.95. The van der Waals surface area contributed by atoms with Crippen molar-refractivity contribution < 1.29 is 4.74 Å². The Morgan fingerprint density at radius 3 is 2.73 bits per heavy atom. The maximum Gasteiger partial charge on any atom is 0.0891 e. The first-order chi connectivity index (χ1) is 7.27. The van der Waals surface area contributed by atoms with Gasteiger partial charge in [-0.15, -0.1) is 0 Å². The SMILES string of the molecule is CC(C)C(OCc1ccccn1)C1CC1. The van der Waals surface area contributed by atoms with Crippen molar-refractivity contribution in [2.75, 3.05) is 0 Å². The minimum atomic E-state index is 0.423. The van der Waals surface area contributed by atoms with Crippen molar-refractivity contribution in [3.05, 3.63) is 30.1 Å². The van der Waals surface area contributed by atoms with E-state index in [1.165, 1.54) is 12.8 Å². The van der Waals surface area contributed by atoms with E-state index in [9.17, 15) is 0 Å². The molecule has 15 heavy (non-hydrogen) atoms. The third kappa shape index (κ3) is 3.03. The second kappa shape index (κ2) is 4.75. The molecule has 2 rings (SSSR count). The molecule has 1 fully saturated rings. The maximum atomic E-state index is 5.95. The van der Waals surface area contributed by atoms with Crippen molar-refractivity contribution in [3.63, 3.8) is 0 Å². The standard InChI is InChI=1S/C13H19NO/c1-10(2)13(11-6-7-11)15-9-12-5-3-4-8-14-12/h3-5,8,10-11,13H,6-7,9H2,1-2H3. The number of nitrogens with zero attached hydrogens (tertiary/aromatic N) is 1. The van der Waals surface area contributed by atoms with Crippen LogP contribution in [0.1, 0.15) is 32.4 Å². The van der Waals surface area contributed by atoms with Gasteiger partial charge in [0.15, 0.2) is 0 Å². The van der Waals surface area contributed by atoms with E-state index < -0.39 is 0 Å². The number of ether oxygens (including phenoxy) is 1. The van der Waals surface area contributed by atoms with Gasteiger partial charge in [-0.05, 0) is 36.8 Å². The lowest BCUT2D eigenvalue weighted by Crippen LogP contribution is -2.22. The molecule has 0 aromatic carbocycles. The minimum absolute atomic E-state index is 0.423. The number of pyridine rings is 1. The molecule has 0 aliphatic heterocycles. The molecule has 0 bridgehead atoms. The van der Waals surface area contributed by atoms with Crippen molar-refractivity contribution in [1.29, 1.82) is 0 Å². The van der Waals surface area contributed by atoms with Crippen LogP contribution in [0.15, 0.2) is 24.4 Å². The van der Waals surface area contributed by atoms with Crippen LogP contribution in [0.2, 0.25) is 0 Å². The minimum Gasteiger partial charge on any atom is -0.371 e. The van der Waals surface area contributed by atoms with Crippen molar-refractivity contribution in [2.24, 2.45) is 11.8 Å². The zero-order valence-corrected chi connectivity index (χ0v) is 9.52. The summed E-state index contributed by atoms with van der Waals surface area (Å²) in [4.78, 5) is 4.26. The molecule has 0 N–H and O–H groups in total. The molecule has 0 amide bonds. The van der Waals surface area contributed by atoms with Crippen LogP contribution in [0, 0.1) is 11.8 Å². The highest BCUT2D eigenvalue weighted by Gasteiger charge is 2.33. The third-order valence-corrected chi connectivity index (χ3v) is 2.89. The van der Waals surface area contributed by atoms with Crippen LogP contribution in [0.25, 0.3) is 0 Å². The Balaban J connectivity index is 1.85. The van der Waals surface area contributed by atoms with Crippen LogP contribution in [0.5, 0.6) is 0 Å². The summed E-state index contributed by atoms with van der Waals surface area (Å²) in [5, 5.41) is 0. The van der Waals surface area contributed by atoms with Gasteiger partial charge < -0.3 is 4.74 Å². The van der Waals surface area contributed by atoms with Crippen molar-refractivity contribution in [1.82, 2.24) is 4.98 Å². The molecule has 2 heteroatoms. The zero-order chi connectivity index (χ0) is 10.7. The zero-order valence-electron chi connectivity index (χ0n) is 9.52. The molecule has 1 aliphatic rings. The summed E-state index contributed by atoms with van der Waals surface area (Å²) in [6.45, 7) is 5.13. The lowest BCUT2D eigenvalue weighted by Gasteiger charge is -2.20. The summed E-state index contributed by atoms with van der Waals surface area (Å²) in [7, 11) is 0. The molecule has 1 heterocycles. The lowest BCUT2D eigenvalue weighted by atomic mass is 10.0. The van der Waals surface area contributed by atoms with Crippen LogP contribution in [-0.2, 0) is 11.3 Å². The number of rotatable bonds is 5. The Kier molecular flexibility index (Phi) is 3.37. The average Bonchev–Trinajstić information content (AvgIpc) is 3.03. The molecule has 0 radical (unpaired) electrons. The van der Waals surface area contributed by atoms with Gasteiger partial charge >= 0.3 is 0 Å². The monoisotopic (exact) mass is 205 g/mol. The third-order valence-electron chi connectivity index (χ3n) is 2.89. The van der Waals surface area contributed by atoms with Gasteiger partial charge in [-0.1, -0.05) is 19.9 Å². The Morgan fingerprint density at radius 1 is 1.40 bits per heavy atom. The van der Waals surface area contributed by atoms with Gasteiger partial charge in [0.1, 0.15) is 0 Å². The molecule has 1 atom stereocenters. The lowest BCUT2D eigenvalue weighted by molar-refractivity contribution is -0.00536. The quantitative estimate of drug-likeness (QED) is 0.737. The van der Waals surface area contributed by atoms with Gasteiger partial charge in [0.2, 0.25) is 0 Å².